The van der Waals surface area contributed by atoms with Gasteiger partial charge in [0.25, 0.3) is 0 Å². The second-order valence-electron chi connectivity index (χ2n) is 5.52. The number of hydrogen-bond acceptors (Lipinski definition) is 3. The number of carbonyl (C=O) groups excluding carboxylic acids is 2. The first-order chi connectivity index (χ1) is 9.56. The van der Waals surface area contributed by atoms with Crippen molar-refractivity contribution in [2.45, 2.75) is 65.3 Å². The van der Waals surface area contributed by atoms with E-state index in [1.807, 2.05) is 6.92 Å². The van der Waals surface area contributed by atoms with Crippen molar-refractivity contribution < 1.29 is 14.7 Å². The van der Waals surface area contributed by atoms with E-state index in [4.69, 9.17) is 5.11 Å². The minimum Gasteiger partial charge on any atom is -0.396 e. The van der Waals surface area contributed by atoms with Gasteiger partial charge in [0.05, 0.1) is 0 Å². The molecule has 1 amide bonds. The van der Waals surface area contributed by atoms with Gasteiger partial charge in [0, 0.05) is 25.1 Å². The van der Waals surface area contributed by atoms with E-state index in [2.05, 4.69) is 19.2 Å². The first-order valence-corrected chi connectivity index (χ1v) is 7.66. The summed E-state index contributed by atoms with van der Waals surface area (Å²) < 4.78 is 0. The summed E-state index contributed by atoms with van der Waals surface area (Å²) >= 11 is 0. The van der Waals surface area contributed by atoms with E-state index < -0.39 is 0 Å². The van der Waals surface area contributed by atoms with E-state index in [1.165, 1.54) is 6.08 Å². The molecule has 3 unspecified atom stereocenters. The maximum absolute atomic E-state index is 11.8. The van der Waals surface area contributed by atoms with Gasteiger partial charge in [-0.15, -0.1) is 0 Å². The Morgan fingerprint density at radius 1 is 1.35 bits per heavy atom. The molecule has 0 spiro atoms. The Labute approximate surface area is 122 Å². The maximum atomic E-state index is 11.8. The average Bonchev–Trinajstić information content (AvgIpc) is 2.43. The first-order valence-electron chi connectivity index (χ1n) is 7.66. The Morgan fingerprint density at radius 2 is 2.05 bits per heavy atom. The number of nitrogens with one attached hydrogen (secondary N) is 1. The normalized spacial score (nSPS) is 15.0. The number of aliphatic hydroxyl groups excluding tert-OH is 1. The van der Waals surface area contributed by atoms with E-state index in [9.17, 15) is 9.59 Å². The predicted octanol–water partition coefficient (Wildman–Crippen LogP) is 2.48. The molecule has 3 atom stereocenters. The topological polar surface area (TPSA) is 66.4 Å². The molecule has 0 heterocycles. The zero-order chi connectivity index (χ0) is 15.4. The SMILES string of the molecule is CCCCC(=O)NC(C)C(CCCO)C(C)CC=C=O. The largest absolute Gasteiger partial charge is 0.396 e. The summed E-state index contributed by atoms with van der Waals surface area (Å²) in [5.41, 5.74) is 0. The summed E-state index contributed by atoms with van der Waals surface area (Å²) in [6.45, 7) is 6.30. The lowest BCUT2D eigenvalue weighted by molar-refractivity contribution is -0.122. The van der Waals surface area contributed by atoms with Crippen LogP contribution in [0.1, 0.15) is 59.3 Å². The lowest BCUT2D eigenvalue weighted by Crippen LogP contribution is -2.40. The smallest absolute Gasteiger partial charge is 0.220 e. The van der Waals surface area contributed by atoms with Crippen LogP contribution in [0.25, 0.3) is 0 Å². The van der Waals surface area contributed by atoms with Crippen molar-refractivity contribution >= 4 is 11.8 Å². The van der Waals surface area contributed by atoms with Crippen molar-refractivity contribution in [3.63, 3.8) is 0 Å². The third kappa shape index (κ3) is 8.13. The van der Waals surface area contributed by atoms with Gasteiger partial charge in [-0.1, -0.05) is 20.3 Å². The molecule has 0 aromatic heterocycles. The van der Waals surface area contributed by atoms with Crippen LogP contribution in [0, 0.1) is 11.8 Å². The summed E-state index contributed by atoms with van der Waals surface area (Å²) in [5.74, 6) is 2.44. The molecule has 0 fully saturated rings. The molecule has 4 heteroatoms. The van der Waals surface area contributed by atoms with E-state index in [1.54, 1.807) is 5.94 Å². The molecule has 0 aromatic rings. The fourth-order valence-electron chi connectivity index (χ4n) is 2.53. The zero-order valence-corrected chi connectivity index (χ0v) is 13.0. The third-order valence-electron chi connectivity index (χ3n) is 3.79. The van der Waals surface area contributed by atoms with Crippen molar-refractivity contribution in [3.05, 3.63) is 6.08 Å². The molecule has 20 heavy (non-hydrogen) atoms. The van der Waals surface area contributed by atoms with E-state index in [-0.39, 0.29) is 30.4 Å². The molecular weight excluding hydrogens is 254 g/mol. The molecule has 116 valence electrons. The highest BCUT2D eigenvalue weighted by atomic mass is 16.3. The molecule has 0 radical (unpaired) electrons. The van der Waals surface area contributed by atoms with Crippen molar-refractivity contribution in [2.24, 2.45) is 11.8 Å². The van der Waals surface area contributed by atoms with Crippen LogP contribution in [0.2, 0.25) is 0 Å². The number of allylic oxidation sites excluding steroid dienone is 1. The fraction of sp³-hybridized carbons (Fsp3) is 0.812. The summed E-state index contributed by atoms with van der Waals surface area (Å²) in [7, 11) is 0. The minimum atomic E-state index is 0.0564. The lowest BCUT2D eigenvalue weighted by Gasteiger charge is -2.29. The second-order valence-corrected chi connectivity index (χ2v) is 5.52. The van der Waals surface area contributed by atoms with E-state index in [0.717, 1.165) is 25.7 Å². The van der Waals surface area contributed by atoms with Gasteiger partial charge in [0.1, 0.15) is 5.94 Å². The van der Waals surface area contributed by atoms with Crippen LogP contribution >= 0.6 is 0 Å². The number of amides is 1. The second kappa shape index (κ2) is 11.7. The van der Waals surface area contributed by atoms with Crippen LogP contribution in [-0.2, 0) is 9.59 Å². The van der Waals surface area contributed by atoms with Gasteiger partial charge in [0.15, 0.2) is 0 Å². The average molecular weight is 283 g/mol. The van der Waals surface area contributed by atoms with Crippen LogP contribution in [0.15, 0.2) is 6.08 Å². The molecular formula is C16H29NO3. The highest BCUT2D eigenvalue weighted by Crippen LogP contribution is 2.24. The number of unbranched alkanes of at least 4 members (excludes halogenated alkanes) is 1. The molecule has 0 saturated heterocycles. The zero-order valence-electron chi connectivity index (χ0n) is 13.0. The number of aliphatic hydroxyl groups is 1. The van der Waals surface area contributed by atoms with Gasteiger partial charge >= 0.3 is 0 Å². The molecule has 0 saturated carbocycles. The Bertz CT molecular complexity index is 311. The molecule has 2 N–H and O–H groups in total. The Kier molecular flexibility index (Phi) is 11.0. The molecule has 0 aliphatic heterocycles. The molecule has 4 nitrogen and oxygen atoms in total. The van der Waals surface area contributed by atoms with Crippen molar-refractivity contribution in [2.75, 3.05) is 6.61 Å². The standard InChI is InChI=1S/C16H29NO3/c1-4-5-10-16(20)17-14(3)15(9-7-12-19)13(2)8-6-11-18/h6,13-15,19H,4-5,7-10,12H2,1-3H3,(H,17,20). The summed E-state index contributed by atoms with van der Waals surface area (Å²) in [6, 6.07) is 0.0564. The van der Waals surface area contributed by atoms with Crippen LogP contribution in [0.5, 0.6) is 0 Å². The van der Waals surface area contributed by atoms with Crippen LogP contribution < -0.4 is 5.32 Å². The molecule has 0 aliphatic rings. The molecule has 0 bridgehead atoms. The maximum Gasteiger partial charge on any atom is 0.220 e. The van der Waals surface area contributed by atoms with Crippen LogP contribution in [0.4, 0.5) is 0 Å². The van der Waals surface area contributed by atoms with Crippen molar-refractivity contribution in [3.8, 4) is 0 Å². The third-order valence-corrected chi connectivity index (χ3v) is 3.79. The number of carbonyl (C=O) groups is 1. The van der Waals surface area contributed by atoms with Gasteiger partial charge in [-0.2, -0.15) is 0 Å². The molecule has 0 aliphatic carbocycles. The van der Waals surface area contributed by atoms with Gasteiger partial charge < -0.3 is 10.4 Å². The molecule has 0 aromatic carbocycles. The quantitative estimate of drug-likeness (QED) is 0.572. The number of hydrogen-bond donors (Lipinski definition) is 2. The van der Waals surface area contributed by atoms with Gasteiger partial charge in [-0.25, -0.2) is 4.79 Å². The molecule has 0 rings (SSSR count). The summed E-state index contributed by atoms with van der Waals surface area (Å²) in [6.07, 6.45) is 6.21. The highest BCUT2D eigenvalue weighted by Gasteiger charge is 2.23. The Balaban J connectivity index is 4.49. The van der Waals surface area contributed by atoms with E-state index >= 15 is 0 Å². The van der Waals surface area contributed by atoms with Crippen molar-refractivity contribution in [1.29, 1.82) is 0 Å². The Morgan fingerprint density at radius 3 is 2.60 bits per heavy atom. The highest BCUT2D eigenvalue weighted by molar-refractivity contribution is 5.76. The first kappa shape index (κ1) is 18.9. The number of rotatable bonds is 11. The van der Waals surface area contributed by atoms with Crippen molar-refractivity contribution in [1.82, 2.24) is 5.32 Å². The Hall–Kier alpha value is -1.12. The minimum absolute atomic E-state index is 0.0564. The summed E-state index contributed by atoms with van der Waals surface area (Å²) in [4.78, 5) is 22.1. The monoisotopic (exact) mass is 283 g/mol. The van der Waals surface area contributed by atoms with Gasteiger partial charge in [-0.05, 0) is 44.4 Å². The van der Waals surface area contributed by atoms with Gasteiger partial charge in [-0.3, -0.25) is 4.79 Å². The summed E-state index contributed by atoms with van der Waals surface area (Å²) in [5, 5.41) is 12.0. The van der Waals surface area contributed by atoms with E-state index in [0.29, 0.717) is 12.8 Å². The van der Waals surface area contributed by atoms with Crippen LogP contribution in [0.3, 0.4) is 0 Å². The predicted molar refractivity (Wildman–Crippen MR) is 81.0 cm³/mol. The van der Waals surface area contributed by atoms with Gasteiger partial charge in [0.2, 0.25) is 5.91 Å². The fourth-order valence-corrected chi connectivity index (χ4v) is 2.53. The van der Waals surface area contributed by atoms with Crippen LogP contribution in [-0.4, -0.2) is 29.6 Å². The lowest BCUT2D eigenvalue weighted by atomic mass is 9.82.